The fraction of sp³-hybridized carbons (Fsp3) is 0.931. The summed E-state index contributed by atoms with van der Waals surface area (Å²) in [5.74, 6) is -2.01. The maximum absolute atomic E-state index is 12.5. The summed E-state index contributed by atoms with van der Waals surface area (Å²) in [6, 6.07) is 0. The van der Waals surface area contributed by atoms with E-state index in [1.54, 1.807) is 0 Å². The van der Waals surface area contributed by atoms with Crippen molar-refractivity contribution in [2.24, 2.45) is 0 Å². The molecule has 42 heavy (non-hydrogen) atoms. The van der Waals surface area contributed by atoms with Gasteiger partial charge in [0.2, 0.25) is 0 Å². The number of aliphatic hydroxyl groups excluding tert-OH is 3. The minimum absolute atomic E-state index is 0.169. The van der Waals surface area contributed by atoms with E-state index in [9.17, 15) is 33.3 Å². The van der Waals surface area contributed by atoms with Crippen molar-refractivity contribution >= 4 is 22.1 Å². The third kappa shape index (κ3) is 17.7. The summed E-state index contributed by atoms with van der Waals surface area (Å²) in [6.45, 7) is 3.50. The Morgan fingerprint density at radius 3 is 1.79 bits per heavy atom. The number of aliphatic hydroxyl groups is 3. The van der Waals surface area contributed by atoms with Gasteiger partial charge in [0, 0.05) is 12.8 Å². The summed E-state index contributed by atoms with van der Waals surface area (Å²) in [7, 11) is -4.58. The molecule has 0 bridgehead atoms. The molecular weight excluding hydrogens is 572 g/mol. The molecule has 0 aromatic rings. The van der Waals surface area contributed by atoms with Crippen molar-refractivity contribution in [3.05, 3.63) is 0 Å². The van der Waals surface area contributed by atoms with Crippen molar-refractivity contribution in [3.63, 3.8) is 0 Å². The van der Waals surface area contributed by atoms with Crippen molar-refractivity contribution in [1.82, 2.24) is 0 Å². The number of carbonyl (C=O) groups is 2. The van der Waals surface area contributed by atoms with Crippen LogP contribution in [0.25, 0.3) is 0 Å². The van der Waals surface area contributed by atoms with E-state index in [1.807, 2.05) is 6.92 Å². The first-order valence-corrected chi connectivity index (χ1v) is 17.2. The van der Waals surface area contributed by atoms with Crippen LogP contribution < -0.4 is 0 Å². The summed E-state index contributed by atoms with van der Waals surface area (Å²) in [5.41, 5.74) is 0. The van der Waals surface area contributed by atoms with E-state index in [2.05, 4.69) is 6.92 Å². The van der Waals surface area contributed by atoms with Gasteiger partial charge in [0.25, 0.3) is 10.1 Å². The van der Waals surface area contributed by atoms with E-state index in [0.29, 0.717) is 12.8 Å². The van der Waals surface area contributed by atoms with Crippen molar-refractivity contribution in [3.8, 4) is 0 Å². The van der Waals surface area contributed by atoms with Crippen molar-refractivity contribution in [1.29, 1.82) is 0 Å². The van der Waals surface area contributed by atoms with Crippen LogP contribution in [0.15, 0.2) is 0 Å². The van der Waals surface area contributed by atoms with E-state index in [0.717, 1.165) is 32.1 Å². The van der Waals surface area contributed by atoms with Gasteiger partial charge < -0.3 is 34.3 Å². The molecule has 0 aromatic carbocycles. The van der Waals surface area contributed by atoms with E-state index in [4.69, 9.17) is 23.5 Å². The maximum atomic E-state index is 12.5. The van der Waals surface area contributed by atoms with Crippen molar-refractivity contribution in [2.45, 2.75) is 153 Å². The number of carbonyl (C=O) groups excluding carboxylic acids is 2. The lowest BCUT2D eigenvalue weighted by atomic mass is 10.00. The highest BCUT2D eigenvalue weighted by Gasteiger charge is 2.46. The Kier molecular flexibility index (Phi) is 20.4. The molecule has 0 aliphatic carbocycles. The molecule has 6 atom stereocenters. The molecule has 13 heteroatoms. The molecule has 1 heterocycles. The van der Waals surface area contributed by atoms with Gasteiger partial charge in [-0.3, -0.25) is 14.1 Å². The standard InChI is InChI=1S/C29H54O12S/c1-3-5-7-8-9-10-11-12-13-14-16-18-25(31)40-22(19-38-24(30)17-15-6-4-2)20-39-29-28(34)27(33)26(32)23(41-29)21-42(35,36)37/h22-23,26-29,32-34H,3-21H2,1-2H3,(H,35,36,37)/t22-,23-,26-,27+,28-,29-/m1/s1. The van der Waals surface area contributed by atoms with Crippen LogP contribution in [0.2, 0.25) is 0 Å². The largest absolute Gasteiger partial charge is 0.462 e. The zero-order valence-corrected chi connectivity index (χ0v) is 26.2. The molecule has 0 radical (unpaired) electrons. The molecule has 0 amide bonds. The van der Waals surface area contributed by atoms with Gasteiger partial charge >= 0.3 is 11.9 Å². The first-order chi connectivity index (χ1) is 20.0. The highest BCUT2D eigenvalue weighted by molar-refractivity contribution is 7.85. The lowest BCUT2D eigenvalue weighted by Crippen LogP contribution is -2.60. The van der Waals surface area contributed by atoms with Crippen LogP contribution in [0, 0.1) is 0 Å². The lowest BCUT2D eigenvalue weighted by Gasteiger charge is -2.40. The quantitative estimate of drug-likeness (QED) is 0.0696. The van der Waals surface area contributed by atoms with Crippen LogP contribution in [-0.4, -0.2) is 96.0 Å². The maximum Gasteiger partial charge on any atom is 0.306 e. The molecule has 0 aromatic heterocycles. The Labute approximate surface area is 251 Å². The van der Waals surface area contributed by atoms with Gasteiger partial charge in [0.1, 0.15) is 36.8 Å². The van der Waals surface area contributed by atoms with Gasteiger partial charge in [-0.05, 0) is 12.8 Å². The third-order valence-corrected chi connectivity index (χ3v) is 7.94. The zero-order chi connectivity index (χ0) is 31.4. The van der Waals surface area contributed by atoms with E-state index in [-0.39, 0.29) is 19.4 Å². The Morgan fingerprint density at radius 1 is 0.714 bits per heavy atom. The SMILES string of the molecule is CCCCCCCCCCCCCC(=O)O[C@H](COC(=O)CCCCC)CO[C@@H]1O[C@H](CS(=O)(=O)O)[C@@H](O)[C@H](O)[C@H]1O. The summed E-state index contributed by atoms with van der Waals surface area (Å²) in [5, 5.41) is 30.4. The molecule has 248 valence electrons. The smallest absolute Gasteiger partial charge is 0.306 e. The molecule has 4 N–H and O–H groups in total. The number of rotatable bonds is 24. The van der Waals surface area contributed by atoms with E-state index in [1.165, 1.54) is 44.9 Å². The second-order valence-electron chi connectivity index (χ2n) is 11.1. The number of hydrogen-bond acceptors (Lipinski definition) is 11. The number of unbranched alkanes of at least 4 members (excludes halogenated alkanes) is 12. The van der Waals surface area contributed by atoms with E-state index >= 15 is 0 Å². The topological polar surface area (TPSA) is 186 Å². The minimum Gasteiger partial charge on any atom is -0.462 e. The Morgan fingerprint density at radius 2 is 1.21 bits per heavy atom. The fourth-order valence-electron chi connectivity index (χ4n) is 4.67. The summed E-state index contributed by atoms with van der Waals surface area (Å²) in [4.78, 5) is 24.6. The van der Waals surface area contributed by atoms with Gasteiger partial charge in [0.15, 0.2) is 12.4 Å². The molecular formula is C29H54O12S. The van der Waals surface area contributed by atoms with Gasteiger partial charge in [0.05, 0.1) is 6.61 Å². The van der Waals surface area contributed by atoms with Crippen LogP contribution >= 0.6 is 0 Å². The lowest BCUT2D eigenvalue weighted by molar-refractivity contribution is -0.297. The summed E-state index contributed by atoms with van der Waals surface area (Å²) < 4.78 is 53.1. The minimum atomic E-state index is -4.58. The molecule has 1 aliphatic heterocycles. The van der Waals surface area contributed by atoms with Crippen LogP contribution in [0.3, 0.4) is 0 Å². The van der Waals surface area contributed by atoms with Crippen molar-refractivity contribution < 1.29 is 56.8 Å². The average Bonchev–Trinajstić information content (AvgIpc) is 2.93. The van der Waals surface area contributed by atoms with Crippen LogP contribution in [0.4, 0.5) is 0 Å². The number of ether oxygens (including phenoxy) is 4. The molecule has 0 unspecified atom stereocenters. The van der Waals surface area contributed by atoms with Crippen LogP contribution in [0.1, 0.15) is 117 Å². The number of hydrogen-bond donors (Lipinski definition) is 4. The molecule has 0 saturated carbocycles. The predicted molar refractivity (Wildman–Crippen MR) is 155 cm³/mol. The third-order valence-electron chi connectivity index (χ3n) is 7.19. The second kappa shape index (κ2) is 22.2. The van der Waals surface area contributed by atoms with Gasteiger partial charge in [-0.1, -0.05) is 90.9 Å². The highest BCUT2D eigenvalue weighted by Crippen LogP contribution is 2.23. The van der Waals surface area contributed by atoms with Gasteiger partial charge in [-0.15, -0.1) is 0 Å². The first-order valence-electron chi connectivity index (χ1n) is 15.6. The second-order valence-corrected chi connectivity index (χ2v) is 12.6. The number of esters is 2. The molecule has 1 saturated heterocycles. The first kappa shape index (κ1) is 38.7. The van der Waals surface area contributed by atoms with Crippen molar-refractivity contribution in [2.75, 3.05) is 19.0 Å². The summed E-state index contributed by atoms with van der Waals surface area (Å²) in [6.07, 6.45) is 5.70. The van der Waals surface area contributed by atoms with Crippen LogP contribution in [-0.2, 0) is 38.7 Å². The Balaban J connectivity index is 2.56. The Bertz CT molecular complexity index is 836. The predicted octanol–water partition coefficient (Wildman–Crippen LogP) is 3.43. The fourth-order valence-corrected chi connectivity index (χ4v) is 5.36. The average molecular weight is 627 g/mol. The van der Waals surface area contributed by atoms with Crippen LogP contribution in [0.5, 0.6) is 0 Å². The Hall–Kier alpha value is -1.35. The monoisotopic (exact) mass is 626 g/mol. The molecule has 12 nitrogen and oxygen atoms in total. The zero-order valence-electron chi connectivity index (χ0n) is 25.4. The van der Waals surface area contributed by atoms with Gasteiger partial charge in [-0.25, -0.2) is 0 Å². The summed E-state index contributed by atoms with van der Waals surface area (Å²) >= 11 is 0. The molecule has 1 rings (SSSR count). The molecule has 1 aliphatic rings. The molecule has 0 spiro atoms. The van der Waals surface area contributed by atoms with E-state index < -0.39 is 71.2 Å². The normalized spacial score (nSPS) is 23.4. The van der Waals surface area contributed by atoms with Gasteiger partial charge in [-0.2, -0.15) is 8.42 Å². The highest BCUT2D eigenvalue weighted by atomic mass is 32.2. The molecule has 1 fully saturated rings.